The first kappa shape index (κ1) is 16.4. The van der Waals surface area contributed by atoms with Crippen molar-refractivity contribution in [2.24, 2.45) is 10.8 Å². The molecule has 2 fully saturated rings. The molecule has 0 amide bonds. The predicted octanol–water partition coefficient (Wildman–Crippen LogP) is 3.18. The Hall–Kier alpha value is -1.47. The second-order valence-electron chi connectivity index (χ2n) is 7.99. The Bertz CT molecular complexity index is 759. The fourth-order valence-corrected chi connectivity index (χ4v) is 6.57. The minimum atomic E-state index is -3.87. The Morgan fingerprint density at radius 3 is 2.52 bits per heavy atom. The van der Waals surface area contributed by atoms with E-state index in [-0.39, 0.29) is 27.5 Å². The largest absolute Gasteiger partial charge is 0.289 e. The van der Waals surface area contributed by atoms with Crippen LogP contribution in [0.15, 0.2) is 29.2 Å². The molecule has 0 N–H and O–H groups in total. The van der Waals surface area contributed by atoms with E-state index >= 15 is 0 Å². The highest BCUT2D eigenvalue weighted by molar-refractivity contribution is 7.89. The molecule has 1 aliphatic heterocycles. The maximum Gasteiger partial charge on any atom is 0.289 e. The van der Waals surface area contributed by atoms with Crippen molar-refractivity contribution >= 4 is 15.7 Å². The van der Waals surface area contributed by atoms with Crippen LogP contribution in [0, 0.1) is 20.9 Å². The molecule has 0 aromatic heterocycles. The van der Waals surface area contributed by atoms with Gasteiger partial charge in [0.05, 0.1) is 4.92 Å². The van der Waals surface area contributed by atoms with E-state index in [0.29, 0.717) is 6.54 Å². The van der Waals surface area contributed by atoms with Crippen molar-refractivity contribution in [3.05, 3.63) is 34.4 Å². The van der Waals surface area contributed by atoms with Crippen molar-refractivity contribution in [2.75, 3.05) is 6.54 Å². The van der Waals surface area contributed by atoms with E-state index in [9.17, 15) is 18.5 Å². The van der Waals surface area contributed by atoms with Gasteiger partial charge in [-0.3, -0.25) is 10.1 Å². The van der Waals surface area contributed by atoms with Crippen LogP contribution in [0.5, 0.6) is 0 Å². The van der Waals surface area contributed by atoms with Crippen molar-refractivity contribution in [1.29, 1.82) is 0 Å². The molecule has 126 valence electrons. The van der Waals surface area contributed by atoms with Gasteiger partial charge >= 0.3 is 0 Å². The predicted molar refractivity (Wildman–Crippen MR) is 86.5 cm³/mol. The highest BCUT2D eigenvalue weighted by Crippen LogP contribution is 2.53. The van der Waals surface area contributed by atoms with E-state index in [1.54, 1.807) is 0 Å². The third-order valence-electron chi connectivity index (χ3n) is 5.02. The molecule has 0 spiro atoms. The fraction of sp³-hybridized carbons (Fsp3) is 0.625. The van der Waals surface area contributed by atoms with Gasteiger partial charge in [0.1, 0.15) is 0 Å². The number of nitro groups is 1. The van der Waals surface area contributed by atoms with E-state index in [2.05, 4.69) is 20.8 Å². The number of rotatable bonds is 3. The first-order valence-electron chi connectivity index (χ1n) is 7.79. The van der Waals surface area contributed by atoms with E-state index in [1.165, 1.54) is 28.6 Å². The first-order valence-corrected chi connectivity index (χ1v) is 9.23. The average Bonchev–Trinajstić information content (AvgIpc) is 2.68. The van der Waals surface area contributed by atoms with Crippen molar-refractivity contribution in [3.8, 4) is 0 Å². The van der Waals surface area contributed by atoms with Gasteiger partial charge < -0.3 is 0 Å². The molecule has 6 nitrogen and oxygen atoms in total. The summed E-state index contributed by atoms with van der Waals surface area (Å²) in [6.45, 7) is 6.89. The Labute approximate surface area is 136 Å². The Balaban J connectivity index is 2.04. The summed E-state index contributed by atoms with van der Waals surface area (Å²) in [6, 6.07) is 5.54. The molecule has 2 bridgehead atoms. The third-order valence-corrected chi connectivity index (χ3v) is 6.96. The molecule has 3 rings (SSSR count). The molecule has 0 unspecified atom stereocenters. The maximum atomic E-state index is 13.1. The molecule has 2 atom stereocenters. The summed E-state index contributed by atoms with van der Waals surface area (Å²) in [4.78, 5) is 10.4. The zero-order valence-electron chi connectivity index (χ0n) is 13.7. The SMILES string of the molecule is CC1(C)C[C@@H]2C[C@@](C)(CN2S(=O)(=O)c2ccccc2[N+](=O)[O-])C1. The fourth-order valence-electron chi connectivity index (χ4n) is 4.64. The van der Waals surface area contributed by atoms with Crippen LogP contribution in [0.2, 0.25) is 0 Å². The molecule has 7 heteroatoms. The summed E-state index contributed by atoms with van der Waals surface area (Å²) >= 11 is 0. The number of nitro benzene ring substituents is 1. The summed E-state index contributed by atoms with van der Waals surface area (Å²) < 4.78 is 27.7. The van der Waals surface area contributed by atoms with Crippen LogP contribution in [-0.2, 0) is 10.0 Å². The lowest BCUT2D eigenvalue weighted by Gasteiger charge is -2.39. The van der Waals surface area contributed by atoms with Gasteiger partial charge in [0.25, 0.3) is 5.69 Å². The van der Waals surface area contributed by atoms with E-state index in [0.717, 1.165) is 19.3 Å². The summed E-state index contributed by atoms with van der Waals surface area (Å²) in [5.74, 6) is 0. The molecule has 1 heterocycles. The minimum absolute atomic E-state index is 0.0525. The van der Waals surface area contributed by atoms with Crippen LogP contribution in [0.4, 0.5) is 5.69 Å². The quantitative estimate of drug-likeness (QED) is 0.626. The lowest BCUT2D eigenvalue weighted by Crippen LogP contribution is -2.37. The van der Waals surface area contributed by atoms with Crippen LogP contribution in [-0.4, -0.2) is 30.2 Å². The van der Waals surface area contributed by atoms with Gasteiger partial charge in [-0.15, -0.1) is 0 Å². The van der Waals surface area contributed by atoms with E-state index in [4.69, 9.17) is 0 Å². The number of benzene rings is 1. The van der Waals surface area contributed by atoms with Gasteiger partial charge in [0.2, 0.25) is 10.0 Å². The van der Waals surface area contributed by atoms with E-state index < -0.39 is 14.9 Å². The molecular weight excluding hydrogens is 316 g/mol. The van der Waals surface area contributed by atoms with Crippen molar-refractivity contribution < 1.29 is 13.3 Å². The van der Waals surface area contributed by atoms with Gasteiger partial charge in [-0.1, -0.05) is 32.9 Å². The molecule has 1 aromatic carbocycles. The Morgan fingerprint density at radius 2 is 1.87 bits per heavy atom. The van der Waals surface area contributed by atoms with Crippen LogP contribution in [0.3, 0.4) is 0 Å². The van der Waals surface area contributed by atoms with Gasteiger partial charge in [-0.05, 0) is 36.2 Å². The highest BCUT2D eigenvalue weighted by Gasteiger charge is 2.53. The standard InChI is InChI=1S/C16H22N2O4S/c1-15(2)8-12-9-16(3,10-15)11-17(12)23(21,22)14-7-5-4-6-13(14)18(19)20/h4-7,12H,8-11H2,1-3H3/t12-,16-/m1/s1. The van der Waals surface area contributed by atoms with E-state index in [1.807, 2.05) is 0 Å². The van der Waals surface area contributed by atoms with Crippen molar-refractivity contribution in [3.63, 3.8) is 0 Å². The average molecular weight is 338 g/mol. The zero-order chi connectivity index (χ0) is 17.0. The van der Waals surface area contributed by atoms with Crippen LogP contribution >= 0.6 is 0 Å². The molecule has 1 saturated heterocycles. The topological polar surface area (TPSA) is 80.5 Å². The monoisotopic (exact) mass is 338 g/mol. The number of hydrogen-bond acceptors (Lipinski definition) is 4. The number of sulfonamides is 1. The zero-order valence-corrected chi connectivity index (χ0v) is 14.5. The van der Waals surface area contributed by atoms with Gasteiger partial charge in [-0.25, -0.2) is 8.42 Å². The molecule has 1 aromatic rings. The smallest absolute Gasteiger partial charge is 0.258 e. The minimum Gasteiger partial charge on any atom is -0.258 e. The van der Waals surface area contributed by atoms with Crippen LogP contribution in [0.1, 0.15) is 40.0 Å². The van der Waals surface area contributed by atoms with Crippen molar-refractivity contribution in [1.82, 2.24) is 4.31 Å². The Kier molecular flexibility index (Phi) is 3.57. The number of nitrogens with zero attached hydrogens (tertiary/aromatic N) is 2. The lowest BCUT2D eigenvalue weighted by atomic mass is 9.65. The lowest BCUT2D eigenvalue weighted by molar-refractivity contribution is -0.387. The third kappa shape index (κ3) is 2.76. The normalized spacial score (nSPS) is 30.3. The molecule has 23 heavy (non-hydrogen) atoms. The Morgan fingerprint density at radius 1 is 1.22 bits per heavy atom. The summed E-state index contributed by atoms with van der Waals surface area (Å²) in [5.41, 5.74) is -0.313. The van der Waals surface area contributed by atoms with Crippen LogP contribution < -0.4 is 0 Å². The van der Waals surface area contributed by atoms with Crippen LogP contribution in [0.25, 0.3) is 0 Å². The summed E-state index contributed by atoms with van der Waals surface area (Å²) in [7, 11) is -3.87. The molecule has 0 radical (unpaired) electrons. The molecule has 1 saturated carbocycles. The maximum absolute atomic E-state index is 13.1. The summed E-state index contributed by atoms with van der Waals surface area (Å²) in [6.07, 6.45) is 2.60. The highest BCUT2D eigenvalue weighted by atomic mass is 32.2. The molecular formula is C16H22N2O4S. The van der Waals surface area contributed by atoms with Crippen molar-refractivity contribution in [2.45, 2.75) is 51.0 Å². The first-order chi connectivity index (χ1) is 10.5. The second-order valence-corrected chi connectivity index (χ2v) is 9.85. The van der Waals surface area contributed by atoms with Gasteiger partial charge in [0.15, 0.2) is 4.90 Å². The second kappa shape index (κ2) is 5.01. The summed E-state index contributed by atoms with van der Waals surface area (Å²) in [5, 5.41) is 11.2. The number of hydrogen-bond donors (Lipinski definition) is 0. The number of fused-ring (bicyclic) bond motifs is 2. The molecule has 1 aliphatic carbocycles. The number of para-hydroxylation sites is 1. The van der Waals surface area contributed by atoms with Gasteiger partial charge in [0, 0.05) is 18.7 Å². The van der Waals surface area contributed by atoms with Gasteiger partial charge in [-0.2, -0.15) is 4.31 Å². The molecule has 2 aliphatic rings.